The summed E-state index contributed by atoms with van der Waals surface area (Å²) in [4.78, 5) is 12.3. The van der Waals surface area contributed by atoms with Gasteiger partial charge in [-0.1, -0.05) is 44.4 Å². The van der Waals surface area contributed by atoms with Crippen molar-refractivity contribution in [2.45, 2.75) is 44.4 Å². The number of amides is 1. The molecular formula is C20H25FN2O3S. The van der Waals surface area contributed by atoms with Gasteiger partial charge < -0.3 is 5.32 Å². The molecule has 2 N–H and O–H groups in total. The van der Waals surface area contributed by atoms with Crippen LogP contribution in [0, 0.1) is 12.7 Å². The van der Waals surface area contributed by atoms with E-state index >= 15 is 0 Å². The molecule has 0 saturated carbocycles. The van der Waals surface area contributed by atoms with Gasteiger partial charge in [-0.15, -0.1) is 0 Å². The summed E-state index contributed by atoms with van der Waals surface area (Å²) in [7, 11) is -4.01. The van der Waals surface area contributed by atoms with Crippen LogP contribution in [-0.2, 0) is 10.0 Å². The monoisotopic (exact) mass is 392 g/mol. The molecule has 2 aromatic rings. The van der Waals surface area contributed by atoms with Crippen LogP contribution in [0.25, 0.3) is 0 Å². The topological polar surface area (TPSA) is 75.3 Å². The lowest BCUT2D eigenvalue weighted by atomic mass is 10.1. The van der Waals surface area contributed by atoms with Gasteiger partial charge in [-0.3, -0.25) is 9.52 Å². The van der Waals surface area contributed by atoms with Crippen LogP contribution in [-0.4, -0.2) is 20.9 Å². The Morgan fingerprint density at radius 3 is 2.52 bits per heavy atom. The number of carbonyl (C=O) groups excluding carboxylic acids is 1. The number of rotatable bonds is 9. The van der Waals surface area contributed by atoms with Crippen LogP contribution in [0.2, 0.25) is 0 Å². The van der Waals surface area contributed by atoms with Gasteiger partial charge in [0.1, 0.15) is 5.82 Å². The molecule has 0 spiro atoms. The van der Waals surface area contributed by atoms with Crippen molar-refractivity contribution in [3.63, 3.8) is 0 Å². The lowest BCUT2D eigenvalue weighted by Crippen LogP contribution is -2.25. The lowest BCUT2D eigenvalue weighted by Gasteiger charge is -2.12. The molecule has 0 radical (unpaired) electrons. The van der Waals surface area contributed by atoms with E-state index in [1.54, 1.807) is 13.0 Å². The zero-order valence-corrected chi connectivity index (χ0v) is 16.4. The van der Waals surface area contributed by atoms with Crippen LogP contribution >= 0.6 is 0 Å². The maximum Gasteiger partial charge on any atom is 0.262 e. The Labute approximate surface area is 160 Å². The SMILES string of the molecule is CCCCCCNC(=O)c1cc(S(=O)(=O)Nc2ccccc2F)ccc1C. The highest BCUT2D eigenvalue weighted by atomic mass is 32.2. The molecule has 0 aliphatic carbocycles. The van der Waals surface area contributed by atoms with Crippen LogP contribution in [0.3, 0.4) is 0 Å². The molecule has 0 unspecified atom stereocenters. The number of para-hydroxylation sites is 1. The van der Waals surface area contributed by atoms with Crippen molar-refractivity contribution in [3.05, 3.63) is 59.4 Å². The molecule has 146 valence electrons. The number of halogens is 1. The molecule has 0 bridgehead atoms. The second kappa shape index (κ2) is 9.50. The van der Waals surface area contributed by atoms with Crippen molar-refractivity contribution in [2.24, 2.45) is 0 Å². The maximum atomic E-state index is 13.7. The van der Waals surface area contributed by atoms with E-state index < -0.39 is 15.8 Å². The molecule has 0 heterocycles. The number of anilines is 1. The van der Waals surface area contributed by atoms with E-state index in [2.05, 4.69) is 17.0 Å². The molecule has 0 saturated heterocycles. The van der Waals surface area contributed by atoms with Gasteiger partial charge in [-0.2, -0.15) is 0 Å². The first-order valence-corrected chi connectivity index (χ1v) is 10.5. The summed E-state index contributed by atoms with van der Waals surface area (Å²) in [5.74, 6) is -0.981. The minimum Gasteiger partial charge on any atom is -0.352 e. The van der Waals surface area contributed by atoms with E-state index in [4.69, 9.17) is 0 Å². The van der Waals surface area contributed by atoms with Gasteiger partial charge in [0.25, 0.3) is 15.9 Å². The summed E-state index contributed by atoms with van der Waals surface area (Å²) in [5.41, 5.74) is 0.827. The standard InChI is InChI=1S/C20H25FN2O3S/c1-3-4-5-8-13-22-20(24)17-14-16(12-11-15(17)2)27(25,26)23-19-10-7-6-9-18(19)21/h6-7,9-12,14,23H,3-5,8,13H2,1-2H3,(H,22,24). The summed E-state index contributed by atoms with van der Waals surface area (Å²) in [6.07, 6.45) is 4.15. The van der Waals surface area contributed by atoms with Gasteiger partial charge in [0, 0.05) is 12.1 Å². The number of hydrogen-bond acceptors (Lipinski definition) is 3. The molecule has 5 nitrogen and oxygen atoms in total. The molecular weight excluding hydrogens is 367 g/mol. The minimum atomic E-state index is -4.01. The zero-order chi connectivity index (χ0) is 19.9. The summed E-state index contributed by atoms with van der Waals surface area (Å²) in [6, 6.07) is 9.81. The van der Waals surface area contributed by atoms with Crippen molar-refractivity contribution in [2.75, 3.05) is 11.3 Å². The van der Waals surface area contributed by atoms with E-state index in [0.29, 0.717) is 17.7 Å². The first-order chi connectivity index (χ1) is 12.8. The number of unbranched alkanes of at least 4 members (excludes halogenated alkanes) is 3. The number of nitrogens with one attached hydrogen (secondary N) is 2. The third kappa shape index (κ3) is 5.79. The summed E-state index contributed by atoms with van der Waals surface area (Å²) in [5, 5.41) is 2.82. The van der Waals surface area contributed by atoms with Gasteiger partial charge >= 0.3 is 0 Å². The summed E-state index contributed by atoms with van der Waals surface area (Å²) >= 11 is 0. The smallest absolute Gasteiger partial charge is 0.262 e. The van der Waals surface area contributed by atoms with Gasteiger partial charge in [-0.25, -0.2) is 12.8 Å². The molecule has 2 rings (SSSR count). The van der Waals surface area contributed by atoms with Crippen LogP contribution in [0.5, 0.6) is 0 Å². The Hall–Kier alpha value is -2.41. The summed E-state index contributed by atoms with van der Waals surface area (Å²) in [6.45, 7) is 4.40. The van der Waals surface area contributed by atoms with Crippen molar-refractivity contribution in [1.82, 2.24) is 5.32 Å². The molecule has 7 heteroatoms. The fourth-order valence-electron chi connectivity index (χ4n) is 2.61. The van der Waals surface area contributed by atoms with Crippen LogP contribution < -0.4 is 10.0 Å². The van der Waals surface area contributed by atoms with E-state index in [0.717, 1.165) is 25.7 Å². The highest BCUT2D eigenvalue weighted by Crippen LogP contribution is 2.21. The van der Waals surface area contributed by atoms with E-state index in [-0.39, 0.29) is 16.5 Å². The minimum absolute atomic E-state index is 0.0903. The van der Waals surface area contributed by atoms with Gasteiger partial charge in [0.15, 0.2) is 0 Å². The van der Waals surface area contributed by atoms with Crippen LogP contribution in [0.1, 0.15) is 48.5 Å². The highest BCUT2D eigenvalue weighted by Gasteiger charge is 2.19. The van der Waals surface area contributed by atoms with Crippen molar-refractivity contribution >= 4 is 21.6 Å². The van der Waals surface area contributed by atoms with E-state index in [1.807, 2.05) is 0 Å². The molecule has 27 heavy (non-hydrogen) atoms. The van der Waals surface area contributed by atoms with Crippen LogP contribution in [0.4, 0.5) is 10.1 Å². The number of aryl methyl sites for hydroxylation is 1. The first kappa shape index (κ1) is 20.9. The number of carbonyl (C=O) groups is 1. The van der Waals surface area contributed by atoms with Crippen molar-refractivity contribution in [3.8, 4) is 0 Å². The number of hydrogen-bond donors (Lipinski definition) is 2. The average molecular weight is 392 g/mol. The Morgan fingerprint density at radius 2 is 1.81 bits per heavy atom. The predicted octanol–water partition coefficient (Wildman–Crippen LogP) is 4.25. The molecule has 0 fully saturated rings. The molecule has 2 aromatic carbocycles. The Balaban J connectivity index is 2.15. The fourth-order valence-corrected chi connectivity index (χ4v) is 3.70. The largest absolute Gasteiger partial charge is 0.352 e. The molecule has 0 aliphatic rings. The second-order valence-electron chi connectivity index (χ2n) is 6.38. The average Bonchev–Trinajstić information content (AvgIpc) is 2.63. The van der Waals surface area contributed by atoms with Crippen molar-refractivity contribution in [1.29, 1.82) is 0 Å². The fraction of sp³-hybridized carbons (Fsp3) is 0.350. The lowest BCUT2D eigenvalue weighted by molar-refractivity contribution is 0.0952. The van der Waals surface area contributed by atoms with Crippen molar-refractivity contribution < 1.29 is 17.6 Å². The van der Waals surface area contributed by atoms with Gasteiger partial charge in [-0.05, 0) is 43.2 Å². The molecule has 0 aromatic heterocycles. The number of sulfonamides is 1. The van der Waals surface area contributed by atoms with Crippen LogP contribution in [0.15, 0.2) is 47.4 Å². The summed E-state index contributed by atoms with van der Waals surface area (Å²) < 4.78 is 41.1. The quantitative estimate of drug-likeness (QED) is 0.627. The van der Waals surface area contributed by atoms with E-state index in [9.17, 15) is 17.6 Å². The molecule has 0 aliphatic heterocycles. The molecule has 1 amide bonds. The third-order valence-electron chi connectivity index (χ3n) is 4.20. The predicted molar refractivity (Wildman–Crippen MR) is 105 cm³/mol. The third-order valence-corrected chi connectivity index (χ3v) is 5.56. The maximum absolute atomic E-state index is 13.7. The van der Waals surface area contributed by atoms with Gasteiger partial charge in [0.05, 0.1) is 10.6 Å². The Kier molecular flexibility index (Phi) is 7.36. The Morgan fingerprint density at radius 1 is 1.07 bits per heavy atom. The number of benzene rings is 2. The van der Waals surface area contributed by atoms with E-state index in [1.165, 1.54) is 36.4 Å². The highest BCUT2D eigenvalue weighted by molar-refractivity contribution is 7.92. The zero-order valence-electron chi connectivity index (χ0n) is 15.6. The first-order valence-electron chi connectivity index (χ1n) is 9.01. The Bertz CT molecular complexity index is 898. The van der Waals surface area contributed by atoms with Gasteiger partial charge in [0.2, 0.25) is 0 Å². The normalized spacial score (nSPS) is 11.2. The molecule has 0 atom stereocenters. The second-order valence-corrected chi connectivity index (χ2v) is 8.06.